The first kappa shape index (κ1) is 14.5. The maximum atomic E-state index is 12.4. The summed E-state index contributed by atoms with van der Waals surface area (Å²) in [5, 5.41) is 9.63. The van der Waals surface area contributed by atoms with Gasteiger partial charge in [-0.05, 0) is 13.3 Å². The second-order valence-corrected chi connectivity index (χ2v) is 4.97. The summed E-state index contributed by atoms with van der Waals surface area (Å²) < 4.78 is 3.89. The Morgan fingerprint density at radius 3 is 2.65 bits per heavy atom. The van der Waals surface area contributed by atoms with Gasteiger partial charge in [0.05, 0.1) is 6.33 Å². The number of nitrogens with zero attached hydrogens (tertiary/aromatic N) is 4. The van der Waals surface area contributed by atoms with Gasteiger partial charge in [-0.25, -0.2) is 14.3 Å². The number of aliphatic hydroxyl groups is 1. The summed E-state index contributed by atoms with van der Waals surface area (Å²) in [6.45, 7) is 4.18. The van der Waals surface area contributed by atoms with Crippen molar-refractivity contribution in [2.24, 2.45) is 7.05 Å². The number of hydrogen-bond donors (Lipinski definition) is 1. The number of unbranched alkanes of at least 4 members (excludes halogenated alkanes) is 2. The highest BCUT2D eigenvalue weighted by molar-refractivity contribution is 5.69. The average Bonchev–Trinajstić information content (AvgIpc) is 2.80. The van der Waals surface area contributed by atoms with Crippen molar-refractivity contribution >= 4 is 11.2 Å². The van der Waals surface area contributed by atoms with E-state index in [1.165, 1.54) is 11.5 Å². The predicted molar refractivity (Wildman–Crippen MR) is 75.7 cm³/mol. The molecular weight excluding hydrogens is 260 g/mol. The van der Waals surface area contributed by atoms with Gasteiger partial charge in [-0.1, -0.05) is 19.8 Å². The van der Waals surface area contributed by atoms with Gasteiger partial charge in [0.2, 0.25) is 0 Å². The molecule has 0 aromatic carbocycles. The zero-order chi connectivity index (χ0) is 14.9. The van der Waals surface area contributed by atoms with Crippen molar-refractivity contribution in [3.8, 4) is 0 Å². The summed E-state index contributed by atoms with van der Waals surface area (Å²) in [4.78, 5) is 28.6. The van der Waals surface area contributed by atoms with Gasteiger partial charge >= 0.3 is 5.69 Å². The summed E-state index contributed by atoms with van der Waals surface area (Å²) in [6.07, 6.45) is 3.51. The Morgan fingerprint density at radius 2 is 2.05 bits per heavy atom. The minimum atomic E-state index is -1.16. The first-order valence-electron chi connectivity index (χ1n) is 6.83. The maximum absolute atomic E-state index is 12.4. The second-order valence-electron chi connectivity index (χ2n) is 4.97. The molecule has 0 amide bonds. The van der Waals surface area contributed by atoms with Crippen LogP contribution in [-0.4, -0.2) is 23.8 Å². The highest BCUT2D eigenvalue weighted by atomic mass is 16.3. The van der Waals surface area contributed by atoms with Crippen LogP contribution in [0.15, 0.2) is 15.9 Å². The van der Waals surface area contributed by atoms with Crippen molar-refractivity contribution < 1.29 is 5.11 Å². The lowest BCUT2D eigenvalue weighted by molar-refractivity contribution is 0.114. The molecule has 1 atom stereocenters. The van der Waals surface area contributed by atoms with Crippen LogP contribution in [0.25, 0.3) is 11.2 Å². The third kappa shape index (κ3) is 2.29. The van der Waals surface area contributed by atoms with Gasteiger partial charge in [0.1, 0.15) is 6.23 Å². The molecule has 7 heteroatoms. The highest BCUT2D eigenvalue weighted by Gasteiger charge is 2.18. The van der Waals surface area contributed by atoms with Crippen LogP contribution in [0.2, 0.25) is 0 Å². The van der Waals surface area contributed by atoms with E-state index in [1.807, 2.05) is 0 Å². The number of aliphatic hydroxyl groups excluding tert-OH is 1. The second kappa shape index (κ2) is 5.62. The third-order valence-corrected chi connectivity index (χ3v) is 3.43. The van der Waals surface area contributed by atoms with Crippen LogP contribution in [-0.2, 0) is 13.6 Å². The fourth-order valence-corrected chi connectivity index (χ4v) is 2.32. The molecule has 2 aromatic heterocycles. The molecule has 0 radical (unpaired) electrons. The minimum absolute atomic E-state index is 0.355. The topological polar surface area (TPSA) is 82.1 Å². The van der Waals surface area contributed by atoms with E-state index in [2.05, 4.69) is 11.9 Å². The van der Waals surface area contributed by atoms with E-state index in [4.69, 9.17) is 0 Å². The molecule has 0 fully saturated rings. The molecule has 20 heavy (non-hydrogen) atoms. The van der Waals surface area contributed by atoms with Crippen LogP contribution in [0.5, 0.6) is 0 Å². The monoisotopic (exact) mass is 280 g/mol. The molecule has 110 valence electrons. The van der Waals surface area contributed by atoms with Crippen molar-refractivity contribution in [1.82, 2.24) is 18.7 Å². The van der Waals surface area contributed by atoms with Gasteiger partial charge in [0, 0.05) is 13.6 Å². The van der Waals surface area contributed by atoms with Gasteiger partial charge in [0.15, 0.2) is 11.2 Å². The van der Waals surface area contributed by atoms with Crippen molar-refractivity contribution in [3.63, 3.8) is 0 Å². The number of hydrogen-bond acceptors (Lipinski definition) is 4. The summed E-state index contributed by atoms with van der Waals surface area (Å²) in [5.41, 5.74) is -0.332. The molecule has 2 aromatic rings. The summed E-state index contributed by atoms with van der Waals surface area (Å²) in [7, 11) is 1.55. The summed E-state index contributed by atoms with van der Waals surface area (Å²) >= 11 is 0. The Labute approximate surface area is 116 Å². The van der Waals surface area contributed by atoms with E-state index in [0.29, 0.717) is 17.7 Å². The lowest BCUT2D eigenvalue weighted by Crippen LogP contribution is -2.41. The minimum Gasteiger partial charge on any atom is -0.373 e. The largest absolute Gasteiger partial charge is 0.373 e. The molecular formula is C13H20N4O3. The lowest BCUT2D eigenvalue weighted by atomic mass is 10.2. The molecule has 1 unspecified atom stereocenters. The van der Waals surface area contributed by atoms with Gasteiger partial charge in [-0.2, -0.15) is 0 Å². The lowest BCUT2D eigenvalue weighted by Gasteiger charge is -2.11. The Hall–Kier alpha value is -1.89. The fourth-order valence-electron chi connectivity index (χ4n) is 2.32. The number of aromatic nitrogens is 4. The van der Waals surface area contributed by atoms with Crippen LogP contribution in [0, 0.1) is 0 Å². The van der Waals surface area contributed by atoms with Crippen LogP contribution in [0.1, 0.15) is 39.3 Å². The molecule has 0 saturated heterocycles. The van der Waals surface area contributed by atoms with Crippen molar-refractivity contribution in [2.45, 2.75) is 45.9 Å². The Balaban J connectivity index is 2.65. The van der Waals surface area contributed by atoms with Crippen LogP contribution in [0.4, 0.5) is 0 Å². The van der Waals surface area contributed by atoms with Gasteiger partial charge in [-0.15, -0.1) is 0 Å². The van der Waals surface area contributed by atoms with Crippen molar-refractivity contribution in [3.05, 3.63) is 27.2 Å². The molecule has 0 spiro atoms. The highest BCUT2D eigenvalue weighted by Crippen LogP contribution is 2.08. The van der Waals surface area contributed by atoms with E-state index in [-0.39, 0.29) is 0 Å². The molecule has 2 rings (SSSR count). The van der Waals surface area contributed by atoms with E-state index >= 15 is 0 Å². The molecule has 0 saturated carbocycles. The van der Waals surface area contributed by atoms with Crippen molar-refractivity contribution in [2.75, 3.05) is 0 Å². The van der Waals surface area contributed by atoms with Crippen LogP contribution in [0.3, 0.4) is 0 Å². The van der Waals surface area contributed by atoms with Gasteiger partial charge in [-0.3, -0.25) is 9.36 Å². The molecule has 1 N–H and O–H groups in total. The zero-order valence-electron chi connectivity index (χ0n) is 12.0. The van der Waals surface area contributed by atoms with E-state index in [0.717, 1.165) is 23.8 Å². The molecule has 2 heterocycles. The molecule has 0 aliphatic rings. The first-order valence-corrected chi connectivity index (χ1v) is 6.83. The van der Waals surface area contributed by atoms with Crippen molar-refractivity contribution in [1.29, 1.82) is 0 Å². The number of aryl methyl sites for hydroxylation is 2. The normalized spacial score (nSPS) is 13.0. The SMILES string of the molecule is CCCCCn1cnc2c1c(=O)n(C(C)O)c(=O)n2C. The number of fused-ring (bicyclic) bond motifs is 1. The molecule has 0 aliphatic carbocycles. The number of rotatable bonds is 5. The standard InChI is InChI=1S/C13H20N4O3/c1-4-5-6-7-16-8-14-11-10(16)12(19)17(9(2)18)13(20)15(11)3/h8-9,18H,4-7H2,1-3H3. The van der Waals surface area contributed by atoms with Crippen LogP contribution < -0.4 is 11.2 Å². The van der Waals surface area contributed by atoms with Crippen LogP contribution >= 0.6 is 0 Å². The first-order chi connectivity index (χ1) is 9.49. The van der Waals surface area contributed by atoms with Gasteiger partial charge in [0.25, 0.3) is 5.56 Å². The summed E-state index contributed by atoms with van der Waals surface area (Å²) in [5.74, 6) is 0. The molecule has 0 aliphatic heterocycles. The summed E-state index contributed by atoms with van der Waals surface area (Å²) in [6, 6.07) is 0. The van der Waals surface area contributed by atoms with E-state index < -0.39 is 17.5 Å². The Bertz CT molecular complexity index is 724. The Morgan fingerprint density at radius 1 is 1.35 bits per heavy atom. The smallest absolute Gasteiger partial charge is 0.334 e. The van der Waals surface area contributed by atoms with Gasteiger partial charge < -0.3 is 9.67 Å². The van der Waals surface area contributed by atoms with E-state index in [1.54, 1.807) is 17.9 Å². The molecule has 0 bridgehead atoms. The predicted octanol–water partition coefficient (Wildman–Crippen LogP) is 0.598. The zero-order valence-corrected chi connectivity index (χ0v) is 12.0. The molecule has 7 nitrogen and oxygen atoms in total. The Kier molecular flexibility index (Phi) is 4.08. The number of imidazole rings is 1. The fraction of sp³-hybridized carbons (Fsp3) is 0.615. The van der Waals surface area contributed by atoms with E-state index in [9.17, 15) is 14.7 Å². The maximum Gasteiger partial charge on any atom is 0.334 e. The average molecular weight is 280 g/mol. The third-order valence-electron chi connectivity index (χ3n) is 3.43. The quantitative estimate of drug-likeness (QED) is 0.813.